The third-order valence-corrected chi connectivity index (χ3v) is 3.47. The smallest absolute Gasteiger partial charge is 0.324 e. The Labute approximate surface area is 143 Å². The molecule has 0 fully saturated rings. The molecule has 2 rings (SSSR count). The maximum atomic E-state index is 12.5. The highest BCUT2D eigenvalue weighted by molar-refractivity contribution is 5.93. The van der Waals surface area contributed by atoms with Crippen LogP contribution in [-0.2, 0) is 17.5 Å². The van der Waals surface area contributed by atoms with E-state index in [9.17, 15) is 18.0 Å². The van der Waals surface area contributed by atoms with E-state index in [-0.39, 0.29) is 12.5 Å². The average molecular weight is 347 g/mol. The minimum atomic E-state index is -4.36. The van der Waals surface area contributed by atoms with Gasteiger partial charge in [0.15, 0.2) is 0 Å². The summed E-state index contributed by atoms with van der Waals surface area (Å²) in [6.07, 6.45) is -4.36. The number of halogens is 3. The molecule has 0 aliphatic rings. The third-order valence-electron chi connectivity index (χ3n) is 3.47. The van der Waals surface area contributed by atoms with E-state index >= 15 is 0 Å². The van der Waals surface area contributed by atoms with Gasteiger partial charge in [-0.2, -0.15) is 18.4 Å². The summed E-state index contributed by atoms with van der Waals surface area (Å²) in [6.45, 7) is 0.367. The van der Waals surface area contributed by atoms with E-state index in [1.807, 2.05) is 6.07 Å². The number of anilines is 1. The molecular weight excluding hydrogens is 331 g/mol. The van der Waals surface area contributed by atoms with E-state index in [1.165, 1.54) is 12.1 Å². The molecule has 130 valence electrons. The summed E-state index contributed by atoms with van der Waals surface area (Å²) in [5.41, 5.74) is 0.754. The first-order valence-electron chi connectivity index (χ1n) is 7.43. The highest BCUT2D eigenvalue weighted by Gasteiger charge is 2.29. The minimum absolute atomic E-state index is 0.0424. The second kappa shape index (κ2) is 7.81. The lowest BCUT2D eigenvalue weighted by atomic mass is 10.1. The number of alkyl halides is 3. The van der Waals surface area contributed by atoms with Crippen molar-refractivity contribution in [1.29, 1.82) is 5.26 Å². The zero-order chi connectivity index (χ0) is 18.4. The van der Waals surface area contributed by atoms with E-state index in [0.29, 0.717) is 23.4 Å². The lowest BCUT2D eigenvalue weighted by Gasteiger charge is -2.17. The number of rotatable bonds is 5. The van der Waals surface area contributed by atoms with Crippen molar-refractivity contribution in [1.82, 2.24) is 4.90 Å². The number of carbonyl (C=O) groups excluding carboxylic acids is 1. The van der Waals surface area contributed by atoms with Gasteiger partial charge < -0.3 is 5.32 Å². The Kier molecular flexibility index (Phi) is 5.78. The maximum absolute atomic E-state index is 12.5. The van der Waals surface area contributed by atoms with Gasteiger partial charge >= 0.3 is 6.18 Å². The van der Waals surface area contributed by atoms with Crippen molar-refractivity contribution in [2.75, 3.05) is 18.9 Å². The Morgan fingerprint density at radius 1 is 1.16 bits per heavy atom. The fraction of sp³-hybridized carbons (Fsp3) is 0.222. The van der Waals surface area contributed by atoms with Gasteiger partial charge in [0.25, 0.3) is 0 Å². The van der Waals surface area contributed by atoms with Crippen LogP contribution in [0.1, 0.15) is 16.7 Å². The van der Waals surface area contributed by atoms with Crippen molar-refractivity contribution in [3.8, 4) is 6.07 Å². The molecule has 0 bridgehead atoms. The molecule has 0 saturated carbocycles. The van der Waals surface area contributed by atoms with Crippen molar-refractivity contribution in [2.45, 2.75) is 12.7 Å². The van der Waals surface area contributed by atoms with Crippen molar-refractivity contribution in [3.63, 3.8) is 0 Å². The summed E-state index contributed by atoms with van der Waals surface area (Å²) in [5, 5.41) is 11.7. The molecule has 25 heavy (non-hydrogen) atoms. The van der Waals surface area contributed by atoms with Crippen LogP contribution < -0.4 is 5.32 Å². The summed E-state index contributed by atoms with van der Waals surface area (Å²) >= 11 is 0. The van der Waals surface area contributed by atoms with Gasteiger partial charge in [0, 0.05) is 6.54 Å². The molecule has 0 aliphatic carbocycles. The number of carbonyl (C=O) groups is 1. The highest BCUT2D eigenvalue weighted by atomic mass is 19.4. The average Bonchev–Trinajstić information content (AvgIpc) is 2.54. The molecule has 0 radical (unpaired) electrons. The van der Waals surface area contributed by atoms with Gasteiger partial charge in [-0.1, -0.05) is 24.3 Å². The lowest BCUT2D eigenvalue weighted by molar-refractivity contribution is -0.137. The van der Waals surface area contributed by atoms with Gasteiger partial charge in [-0.25, -0.2) is 0 Å². The Bertz CT molecular complexity index is 779. The van der Waals surface area contributed by atoms with Crippen LogP contribution in [0.15, 0.2) is 48.5 Å². The first-order chi connectivity index (χ1) is 11.8. The number of amides is 1. The van der Waals surface area contributed by atoms with Gasteiger partial charge in [0.05, 0.1) is 23.4 Å². The zero-order valence-corrected chi connectivity index (χ0v) is 13.5. The molecule has 0 heterocycles. The molecule has 0 spiro atoms. The van der Waals surface area contributed by atoms with Crippen LogP contribution in [0.2, 0.25) is 0 Å². The lowest BCUT2D eigenvalue weighted by Crippen LogP contribution is -2.30. The second-order valence-electron chi connectivity index (χ2n) is 5.57. The molecule has 0 aromatic heterocycles. The number of hydrogen-bond acceptors (Lipinski definition) is 3. The third kappa shape index (κ3) is 5.33. The Morgan fingerprint density at radius 2 is 1.80 bits per heavy atom. The minimum Gasteiger partial charge on any atom is -0.324 e. The summed E-state index contributed by atoms with van der Waals surface area (Å²) in [6, 6.07) is 13.5. The van der Waals surface area contributed by atoms with E-state index in [4.69, 9.17) is 5.26 Å². The van der Waals surface area contributed by atoms with Crippen LogP contribution in [-0.4, -0.2) is 24.4 Å². The zero-order valence-electron chi connectivity index (χ0n) is 13.5. The van der Waals surface area contributed by atoms with Crippen molar-refractivity contribution in [2.24, 2.45) is 0 Å². The molecule has 2 aromatic carbocycles. The van der Waals surface area contributed by atoms with Crippen molar-refractivity contribution < 1.29 is 18.0 Å². The molecular formula is C18H16F3N3O. The first-order valence-corrected chi connectivity index (χ1v) is 7.43. The van der Waals surface area contributed by atoms with Crippen LogP contribution in [0.4, 0.5) is 18.9 Å². The van der Waals surface area contributed by atoms with Crippen molar-refractivity contribution in [3.05, 3.63) is 65.2 Å². The number of likely N-dealkylation sites (N-methyl/N-ethyl adjacent to an activating group) is 1. The molecule has 4 nitrogen and oxygen atoms in total. The fourth-order valence-corrected chi connectivity index (χ4v) is 2.29. The molecule has 0 saturated heterocycles. The predicted molar refractivity (Wildman–Crippen MR) is 87.6 cm³/mol. The molecule has 2 aromatic rings. The topological polar surface area (TPSA) is 56.1 Å². The Balaban J connectivity index is 1.92. The summed E-state index contributed by atoms with van der Waals surface area (Å²) < 4.78 is 37.6. The van der Waals surface area contributed by atoms with Gasteiger partial charge in [0.1, 0.15) is 6.07 Å². The standard InChI is InChI=1S/C18H16F3N3O/c1-24(11-13-6-8-15(9-7-13)18(19,20)21)12-17(25)23-16-5-3-2-4-14(16)10-22/h2-9H,11-12H2,1H3,(H,23,25). The Morgan fingerprint density at radius 3 is 2.40 bits per heavy atom. The predicted octanol–water partition coefficient (Wildman–Crippen LogP) is 3.65. The number of hydrogen-bond donors (Lipinski definition) is 1. The number of nitrogens with zero attached hydrogens (tertiary/aromatic N) is 2. The van der Waals surface area contributed by atoms with Crippen LogP contribution in [0.3, 0.4) is 0 Å². The van der Waals surface area contributed by atoms with E-state index in [1.54, 1.807) is 36.2 Å². The first kappa shape index (κ1) is 18.5. The quantitative estimate of drug-likeness (QED) is 0.898. The number of nitriles is 1. The van der Waals surface area contributed by atoms with Gasteiger partial charge in [-0.05, 0) is 36.9 Å². The largest absolute Gasteiger partial charge is 0.416 e. The van der Waals surface area contributed by atoms with Gasteiger partial charge in [0.2, 0.25) is 5.91 Å². The van der Waals surface area contributed by atoms with Crippen molar-refractivity contribution >= 4 is 11.6 Å². The number of para-hydroxylation sites is 1. The normalized spacial score (nSPS) is 11.2. The Hall–Kier alpha value is -2.85. The SMILES string of the molecule is CN(CC(=O)Nc1ccccc1C#N)Cc1ccc(C(F)(F)F)cc1. The molecule has 0 aliphatic heterocycles. The summed E-state index contributed by atoms with van der Waals surface area (Å²) in [4.78, 5) is 13.7. The molecule has 1 N–H and O–H groups in total. The van der Waals surface area contributed by atoms with Crippen LogP contribution >= 0.6 is 0 Å². The fourth-order valence-electron chi connectivity index (χ4n) is 2.29. The molecule has 1 amide bonds. The number of benzene rings is 2. The highest BCUT2D eigenvalue weighted by Crippen LogP contribution is 2.29. The van der Waals surface area contributed by atoms with Crippen LogP contribution in [0.5, 0.6) is 0 Å². The van der Waals surface area contributed by atoms with Gasteiger partial charge in [-0.15, -0.1) is 0 Å². The monoisotopic (exact) mass is 347 g/mol. The summed E-state index contributed by atoms with van der Waals surface area (Å²) in [7, 11) is 1.69. The second-order valence-corrected chi connectivity index (χ2v) is 5.57. The van der Waals surface area contributed by atoms with E-state index < -0.39 is 11.7 Å². The van der Waals surface area contributed by atoms with E-state index in [2.05, 4.69) is 5.32 Å². The van der Waals surface area contributed by atoms with Crippen LogP contribution in [0, 0.1) is 11.3 Å². The van der Waals surface area contributed by atoms with Gasteiger partial charge in [-0.3, -0.25) is 9.69 Å². The summed E-state index contributed by atoms with van der Waals surface area (Å²) in [5.74, 6) is -0.308. The molecule has 7 heteroatoms. The maximum Gasteiger partial charge on any atom is 0.416 e. The molecule has 0 unspecified atom stereocenters. The molecule has 0 atom stereocenters. The van der Waals surface area contributed by atoms with Crippen LogP contribution in [0.25, 0.3) is 0 Å². The van der Waals surface area contributed by atoms with E-state index in [0.717, 1.165) is 12.1 Å². The number of nitrogens with one attached hydrogen (secondary N) is 1.